The van der Waals surface area contributed by atoms with Crippen molar-refractivity contribution in [2.75, 3.05) is 30.3 Å². The fourth-order valence-corrected chi connectivity index (χ4v) is 2.27. The third-order valence-corrected chi connectivity index (χ3v) is 3.53. The lowest BCUT2D eigenvalue weighted by molar-refractivity contribution is -0.114. The molecule has 0 fully saturated rings. The number of anilines is 2. The second kappa shape index (κ2) is 10.1. The molecule has 0 saturated carbocycles. The Kier molecular flexibility index (Phi) is 7.49. The second-order valence-corrected chi connectivity index (χ2v) is 5.71. The van der Waals surface area contributed by atoms with E-state index in [9.17, 15) is 9.59 Å². The van der Waals surface area contributed by atoms with Gasteiger partial charge in [-0.1, -0.05) is 13.0 Å². The van der Waals surface area contributed by atoms with Gasteiger partial charge in [0.2, 0.25) is 5.91 Å². The number of carbonyl (C=O) groups excluding carboxylic acids is 2. The average Bonchev–Trinajstić information content (AvgIpc) is 2.66. The van der Waals surface area contributed by atoms with Gasteiger partial charge in [0, 0.05) is 29.5 Å². The van der Waals surface area contributed by atoms with Crippen molar-refractivity contribution in [1.82, 2.24) is 5.32 Å². The van der Waals surface area contributed by atoms with E-state index in [1.54, 1.807) is 24.3 Å². The van der Waals surface area contributed by atoms with Crippen LogP contribution in [0.5, 0.6) is 5.75 Å². The summed E-state index contributed by atoms with van der Waals surface area (Å²) in [7, 11) is 0. The van der Waals surface area contributed by atoms with E-state index in [-0.39, 0.29) is 18.4 Å². The average molecular weight is 355 g/mol. The number of rotatable bonds is 9. The fourth-order valence-electron chi connectivity index (χ4n) is 2.27. The number of hydrogen-bond donors (Lipinski definition) is 3. The van der Waals surface area contributed by atoms with Crippen molar-refractivity contribution in [3.05, 3.63) is 54.1 Å². The molecule has 0 aliphatic rings. The molecule has 2 aromatic rings. The molecule has 0 aliphatic heterocycles. The molecule has 2 rings (SSSR count). The predicted molar refractivity (Wildman–Crippen MR) is 104 cm³/mol. The van der Waals surface area contributed by atoms with Gasteiger partial charge in [0.25, 0.3) is 5.91 Å². The van der Waals surface area contributed by atoms with E-state index in [1.165, 1.54) is 0 Å². The van der Waals surface area contributed by atoms with Crippen LogP contribution < -0.4 is 20.7 Å². The smallest absolute Gasteiger partial charge is 0.251 e. The largest absolute Gasteiger partial charge is 0.494 e. The molecule has 6 nitrogen and oxygen atoms in total. The molecular formula is C20H25N3O3. The monoisotopic (exact) mass is 355 g/mol. The van der Waals surface area contributed by atoms with Crippen LogP contribution in [0.2, 0.25) is 0 Å². The minimum Gasteiger partial charge on any atom is -0.494 e. The lowest BCUT2D eigenvalue weighted by Crippen LogP contribution is -2.23. The SMILES string of the molecule is CCCOc1cccc(NCC(=O)Nc2ccc(C(=O)NCC)cc2)c1. The molecule has 0 bridgehead atoms. The topological polar surface area (TPSA) is 79.5 Å². The van der Waals surface area contributed by atoms with Crippen molar-refractivity contribution in [2.45, 2.75) is 20.3 Å². The van der Waals surface area contributed by atoms with E-state index in [4.69, 9.17) is 4.74 Å². The predicted octanol–water partition coefficient (Wildman–Crippen LogP) is 3.28. The van der Waals surface area contributed by atoms with Gasteiger partial charge in [0.05, 0.1) is 13.2 Å². The van der Waals surface area contributed by atoms with Crippen molar-refractivity contribution >= 4 is 23.2 Å². The van der Waals surface area contributed by atoms with Crippen molar-refractivity contribution in [3.63, 3.8) is 0 Å². The summed E-state index contributed by atoms with van der Waals surface area (Å²) in [6.07, 6.45) is 0.943. The Labute approximate surface area is 153 Å². The quantitative estimate of drug-likeness (QED) is 0.645. The Morgan fingerprint density at radius 2 is 1.77 bits per heavy atom. The number of nitrogens with one attached hydrogen (secondary N) is 3. The van der Waals surface area contributed by atoms with E-state index in [1.807, 2.05) is 31.2 Å². The van der Waals surface area contributed by atoms with Crippen LogP contribution in [0.25, 0.3) is 0 Å². The van der Waals surface area contributed by atoms with E-state index in [0.29, 0.717) is 24.4 Å². The van der Waals surface area contributed by atoms with Crippen LogP contribution in [0.15, 0.2) is 48.5 Å². The Morgan fingerprint density at radius 1 is 1.00 bits per heavy atom. The van der Waals surface area contributed by atoms with Crippen molar-refractivity contribution < 1.29 is 14.3 Å². The third-order valence-electron chi connectivity index (χ3n) is 3.53. The van der Waals surface area contributed by atoms with Crippen LogP contribution in [0, 0.1) is 0 Å². The Hall–Kier alpha value is -3.02. The first-order chi connectivity index (χ1) is 12.6. The van der Waals surface area contributed by atoms with Gasteiger partial charge >= 0.3 is 0 Å². The summed E-state index contributed by atoms with van der Waals surface area (Å²) in [5, 5.41) is 8.60. The molecule has 0 radical (unpaired) electrons. The lowest BCUT2D eigenvalue weighted by Gasteiger charge is -2.10. The summed E-state index contributed by atoms with van der Waals surface area (Å²) >= 11 is 0. The van der Waals surface area contributed by atoms with Crippen molar-refractivity contribution in [2.24, 2.45) is 0 Å². The minimum atomic E-state index is -0.171. The summed E-state index contributed by atoms with van der Waals surface area (Å²) in [4.78, 5) is 23.8. The molecular weight excluding hydrogens is 330 g/mol. The first-order valence-electron chi connectivity index (χ1n) is 8.77. The molecule has 138 valence electrons. The number of amides is 2. The maximum Gasteiger partial charge on any atom is 0.251 e. The van der Waals surface area contributed by atoms with Gasteiger partial charge in [-0.2, -0.15) is 0 Å². The summed E-state index contributed by atoms with van der Waals surface area (Å²) in [5.74, 6) is 0.478. The molecule has 0 aliphatic carbocycles. The summed E-state index contributed by atoms with van der Waals surface area (Å²) in [6.45, 7) is 5.29. The zero-order valence-corrected chi connectivity index (χ0v) is 15.2. The number of carbonyl (C=O) groups is 2. The van der Waals surface area contributed by atoms with Crippen LogP contribution in [-0.4, -0.2) is 31.5 Å². The van der Waals surface area contributed by atoms with Crippen LogP contribution in [-0.2, 0) is 4.79 Å². The van der Waals surface area contributed by atoms with Gasteiger partial charge in [-0.05, 0) is 49.7 Å². The zero-order valence-electron chi connectivity index (χ0n) is 15.2. The molecule has 2 aromatic carbocycles. The van der Waals surface area contributed by atoms with Gasteiger partial charge in [-0.15, -0.1) is 0 Å². The van der Waals surface area contributed by atoms with Crippen LogP contribution in [0.3, 0.4) is 0 Å². The van der Waals surface area contributed by atoms with Crippen molar-refractivity contribution in [3.8, 4) is 5.75 Å². The summed E-state index contributed by atoms with van der Waals surface area (Å²) < 4.78 is 5.57. The molecule has 3 N–H and O–H groups in total. The number of ether oxygens (including phenoxy) is 1. The Balaban J connectivity index is 1.84. The van der Waals surface area contributed by atoms with Gasteiger partial charge in [0.1, 0.15) is 5.75 Å². The molecule has 26 heavy (non-hydrogen) atoms. The van der Waals surface area contributed by atoms with E-state index in [2.05, 4.69) is 22.9 Å². The van der Waals surface area contributed by atoms with Crippen molar-refractivity contribution in [1.29, 1.82) is 0 Å². The highest BCUT2D eigenvalue weighted by atomic mass is 16.5. The number of benzene rings is 2. The summed E-state index contributed by atoms with van der Waals surface area (Å²) in [6, 6.07) is 14.3. The van der Waals surface area contributed by atoms with Crippen LogP contribution >= 0.6 is 0 Å². The highest BCUT2D eigenvalue weighted by Gasteiger charge is 2.06. The van der Waals surface area contributed by atoms with Gasteiger partial charge in [-0.3, -0.25) is 9.59 Å². The molecule has 2 amide bonds. The maximum absolute atomic E-state index is 12.1. The lowest BCUT2D eigenvalue weighted by atomic mass is 10.2. The highest BCUT2D eigenvalue weighted by molar-refractivity contribution is 5.96. The third kappa shape index (κ3) is 6.12. The summed E-state index contributed by atoms with van der Waals surface area (Å²) in [5.41, 5.74) is 2.03. The molecule has 0 saturated heterocycles. The molecule has 0 spiro atoms. The first kappa shape index (κ1) is 19.3. The van der Waals surface area contributed by atoms with Crippen LogP contribution in [0.4, 0.5) is 11.4 Å². The molecule has 0 unspecified atom stereocenters. The van der Waals surface area contributed by atoms with Gasteiger partial charge in [0.15, 0.2) is 0 Å². The molecule has 0 heterocycles. The Bertz CT molecular complexity index is 729. The molecule has 0 aromatic heterocycles. The number of hydrogen-bond acceptors (Lipinski definition) is 4. The molecule has 6 heteroatoms. The highest BCUT2D eigenvalue weighted by Crippen LogP contribution is 2.17. The standard InChI is InChI=1S/C20H25N3O3/c1-3-12-26-18-7-5-6-17(13-18)22-14-19(24)23-16-10-8-15(9-11-16)20(25)21-4-2/h5-11,13,22H,3-4,12,14H2,1-2H3,(H,21,25)(H,23,24). The second-order valence-electron chi connectivity index (χ2n) is 5.71. The maximum atomic E-state index is 12.1. The zero-order chi connectivity index (χ0) is 18.8. The van der Waals surface area contributed by atoms with E-state index >= 15 is 0 Å². The molecule has 0 atom stereocenters. The van der Waals surface area contributed by atoms with E-state index in [0.717, 1.165) is 17.9 Å². The minimum absolute atomic E-state index is 0.128. The normalized spacial score (nSPS) is 10.1. The van der Waals surface area contributed by atoms with Crippen LogP contribution in [0.1, 0.15) is 30.6 Å². The first-order valence-corrected chi connectivity index (χ1v) is 8.77. The van der Waals surface area contributed by atoms with E-state index < -0.39 is 0 Å². The van der Waals surface area contributed by atoms with Gasteiger partial charge in [-0.25, -0.2) is 0 Å². The van der Waals surface area contributed by atoms with Gasteiger partial charge < -0.3 is 20.7 Å². The fraction of sp³-hybridized carbons (Fsp3) is 0.300. The Morgan fingerprint density at radius 3 is 2.46 bits per heavy atom.